The van der Waals surface area contributed by atoms with Crippen molar-refractivity contribution in [1.82, 2.24) is 0 Å². The van der Waals surface area contributed by atoms with E-state index in [1.165, 1.54) is 21.0 Å². The van der Waals surface area contributed by atoms with Crippen LogP contribution in [-0.4, -0.2) is 263 Å². The molecule has 31 atom stereocenters. The van der Waals surface area contributed by atoms with Crippen LogP contribution in [0.4, 0.5) is 0 Å². The summed E-state index contributed by atoms with van der Waals surface area (Å²) in [4.78, 5) is 27.6. The van der Waals surface area contributed by atoms with Gasteiger partial charge in [-0.3, -0.25) is 14.1 Å². The van der Waals surface area contributed by atoms with Gasteiger partial charge in [0, 0.05) is 19.4 Å². The first kappa shape index (κ1) is 70.3. The second-order valence-corrected chi connectivity index (χ2v) is 29.0. The Balaban J connectivity index is 0.916. The van der Waals surface area contributed by atoms with Crippen molar-refractivity contribution in [2.45, 2.75) is 267 Å². The van der Waals surface area contributed by atoms with Crippen molar-refractivity contribution in [2.24, 2.45) is 39.4 Å². The SMILES string of the molecule is CO[C@@H]1[C@@H](O)[C@H](O[C@@H]2[C@@H](O)[C@H](O[C@H]3[C@H](O)[C@@H](O[C@@H]4OC[C@@H](O)[C@H](O)[C@H]4O)[C@H](O[C@H]4[C@H](O[C@H]5CC[C@]6(C)[C@H]7CC[C@]89C(=O)O[C@@](C)(CCC=C(C)C)[C@H]8[C@@H](OC(C)=O)C[C@@]9(C)C7=CC[C@H]6C5(C)C)OC[C@@H](OS(=O)(=O)O)[C@@H]4O)O[C@@H]3C)O[C@H](CO)[C@H]2O)OC[C@H]1O. The van der Waals surface area contributed by atoms with Crippen LogP contribution in [0.15, 0.2) is 23.3 Å². The van der Waals surface area contributed by atoms with Gasteiger partial charge in [0.15, 0.2) is 31.5 Å². The van der Waals surface area contributed by atoms with E-state index in [0.717, 1.165) is 11.1 Å². The van der Waals surface area contributed by atoms with Gasteiger partial charge in [0.05, 0.1) is 50.0 Å². The van der Waals surface area contributed by atoms with Gasteiger partial charge in [-0.25, -0.2) is 4.18 Å². The lowest BCUT2D eigenvalue weighted by molar-refractivity contribution is -0.402. The summed E-state index contributed by atoms with van der Waals surface area (Å²) in [5.41, 5.74) is -1.34. The largest absolute Gasteiger partial charge is 0.462 e. The first-order chi connectivity index (χ1) is 42.2. The van der Waals surface area contributed by atoms with Crippen molar-refractivity contribution in [2.75, 3.05) is 33.5 Å². The molecule has 514 valence electrons. The van der Waals surface area contributed by atoms with Crippen LogP contribution in [0.1, 0.15) is 114 Å². The second kappa shape index (κ2) is 26.5. The van der Waals surface area contributed by atoms with E-state index in [0.29, 0.717) is 51.4 Å². The summed E-state index contributed by atoms with van der Waals surface area (Å²) in [6.45, 7) is 14.8. The number of rotatable bonds is 18. The molecule has 29 nitrogen and oxygen atoms in total. The Morgan fingerprint density at radius 3 is 1.97 bits per heavy atom. The van der Waals surface area contributed by atoms with Crippen LogP contribution in [0.2, 0.25) is 0 Å². The number of hydrogen-bond donors (Lipinski definition) is 11. The molecular formula is C60H94O29S. The van der Waals surface area contributed by atoms with Gasteiger partial charge in [-0.2, -0.15) is 8.42 Å². The van der Waals surface area contributed by atoms with Gasteiger partial charge >= 0.3 is 22.3 Å². The number of hydrogen-bond acceptors (Lipinski definition) is 28. The lowest BCUT2D eigenvalue weighted by Crippen LogP contribution is -2.67. The minimum absolute atomic E-state index is 0.00962. The maximum absolute atomic E-state index is 14.8. The molecule has 10 rings (SSSR count). The number of carbonyl (C=O) groups is 2. The molecule has 30 heteroatoms. The summed E-state index contributed by atoms with van der Waals surface area (Å²) >= 11 is 0. The van der Waals surface area contributed by atoms with E-state index in [2.05, 4.69) is 39.8 Å². The standard InChI is InChI=1S/C60H94O29S/c1-25(2)12-11-17-59(9)49-32(81-27(4)62)20-58(8)29-13-14-35-56(5,6)36(16-18-57(35,7)28(29)15-19-60(49,58)55(72)88-59)83-53-47(39(67)34(24-79-53)89-90(73,74)75)87-54-48(86-50-40(68)37(65)30(63)22-77-50)41(69)44(26(3)80-54)84-52-43(71)46(38(66)33(21-61)82-52)85-51-42(70)45(76-10)31(64)23-78-51/h12-13,26,28,30-54,61,63-71H,11,14-24H2,1-10H3,(H,73,74,75)/t26-,28+,30-,31-,32+,33-,34-,35+,36+,37+,38-,39+,40-,41+,42-,43-,44-,45+,46+,47-,48-,49-,50+,51+,52+,53+,54+,57-,58+,59+,60-/m1/s1. The highest BCUT2D eigenvalue weighted by atomic mass is 32.3. The molecule has 6 saturated heterocycles. The van der Waals surface area contributed by atoms with Crippen LogP contribution in [0.5, 0.6) is 0 Å². The minimum atomic E-state index is -5.27. The number of aliphatic hydroxyl groups excluding tert-OH is 10. The van der Waals surface area contributed by atoms with Gasteiger partial charge in [-0.1, -0.05) is 51.0 Å². The zero-order valence-corrected chi connectivity index (χ0v) is 53.2. The highest BCUT2D eigenvalue weighted by Crippen LogP contribution is 2.77. The van der Waals surface area contributed by atoms with Crippen LogP contribution in [-0.2, 0) is 85.8 Å². The topological polar surface area (TPSA) is 420 Å². The summed E-state index contributed by atoms with van der Waals surface area (Å²) in [5, 5.41) is 111. The zero-order valence-electron chi connectivity index (χ0n) is 52.4. The third-order valence-corrected chi connectivity index (χ3v) is 22.4. The third kappa shape index (κ3) is 12.5. The van der Waals surface area contributed by atoms with Gasteiger partial charge < -0.3 is 113 Å². The number of fused-ring (bicyclic) bond motifs is 4. The second-order valence-electron chi connectivity index (χ2n) is 28.0. The van der Waals surface area contributed by atoms with Gasteiger partial charge in [0.1, 0.15) is 109 Å². The lowest BCUT2D eigenvalue weighted by Gasteiger charge is -2.64. The smallest absolute Gasteiger partial charge is 0.397 e. The number of esters is 2. The van der Waals surface area contributed by atoms with Gasteiger partial charge in [-0.15, -0.1) is 0 Å². The average molecular weight is 1310 g/mol. The first-order valence-electron chi connectivity index (χ1n) is 31.3. The van der Waals surface area contributed by atoms with E-state index in [9.17, 15) is 73.6 Å². The molecule has 90 heavy (non-hydrogen) atoms. The number of aliphatic hydroxyl groups is 10. The Morgan fingerprint density at radius 1 is 0.689 bits per heavy atom. The highest BCUT2D eigenvalue weighted by molar-refractivity contribution is 7.80. The summed E-state index contributed by atoms with van der Waals surface area (Å²) in [6, 6.07) is 0. The number of ether oxygens (including phenoxy) is 13. The molecule has 0 unspecified atom stereocenters. The van der Waals surface area contributed by atoms with Crippen LogP contribution < -0.4 is 0 Å². The fourth-order valence-electron chi connectivity index (χ4n) is 17.5. The Hall–Kier alpha value is -2.55. The monoisotopic (exact) mass is 1310 g/mol. The Kier molecular flexibility index (Phi) is 20.7. The van der Waals surface area contributed by atoms with Crippen LogP contribution in [0, 0.1) is 39.4 Å². The average Bonchev–Trinajstić information content (AvgIpc) is 1.46. The third-order valence-electron chi connectivity index (χ3n) is 21.9. The van der Waals surface area contributed by atoms with E-state index in [4.69, 9.17) is 65.8 Å². The van der Waals surface area contributed by atoms with E-state index in [1.54, 1.807) is 0 Å². The van der Waals surface area contributed by atoms with Crippen LogP contribution in [0.25, 0.3) is 0 Å². The first-order valence-corrected chi connectivity index (χ1v) is 32.6. The lowest BCUT2D eigenvalue weighted by atomic mass is 9.41. The van der Waals surface area contributed by atoms with E-state index in [-0.39, 0.29) is 35.7 Å². The molecule has 3 saturated carbocycles. The molecule has 0 aromatic heterocycles. The van der Waals surface area contributed by atoms with Gasteiger partial charge in [0.2, 0.25) is 0 Å². The number of cyclic esters (lactones) is 1. The van der Waals surface area contributed by atoms with E-state index in [1.807, 2.05) is 20.8 Å². The summed E-state index contributed by atoms with van der Waals surface area (Å²) in [6.07, 6.45) is -30.6. The Labute approximate surface area is 523 Å². The molecule has 9 fully saturated rings. The predicted octanol–water partition coefficient (Wildman–Crippen LogP) is -0.917. The Morgan fingerprint density at radius 2 is 1.31 bits per heavy atom. The molecule has 0 amide bonds. The molecular weight excluding hydrogens is 1220 g/mol. The molecule has 1 spiro atoms. The van der Waals surface area contributed by atoms with Crippen LogP contribution in [0.3, 0.4) is 0 Å². The molecule has 6 aliphatic heterocycles. The predicted molar refractivity (Wildman–Crippen MR) is 302 cm³/mol. The highest BCUT2D eigenvalue weighted by Gasteiger charge is 2.79. The summed E-state index contributed by atoms with van der Waals surface area (Å²) < 4.78 is 118. The van der Waals surface area contributed by atoms with Gasteiger partial charge in [0.25, 0.3) is 0 Å². The quantitative estimate of drug-likeness (QED) is 0.0449. The molecule has 0 aromatic rings. The number of allylic oxidation sites excluding steroid dienone is 4. The maximum atomic E-state index is 14.8. The normalized spacial score (nSPS) is 50.1. The maximum Gasteiger partial charge on any atom is 0.397 e. The number of methoxy groups -OCH3 is 1. The molecule has 0 aromatic carbocycles. The van der Waals surface area contributed by atoms with Crippen molar-refractivity contribution < 1.29 is 139 Å². The summed E-state index contributed by atoms with van der Waals surface area (Å²) in [7, 11) is -4.04. The van der Waals surface area contributed by atoms with Crippen molar-refractivity contribution in [3.63, 3.8) is 0 Å². The molecule has 6 heterocycles. The summed E-state index contributed by atoms with van der Waals surface area (Å²) in [5.74, 6) is -1.17. The number of carbonyl (C=O) groups excluding carboxylic acids is 2. The van der Waals surface area contributed by atoms with Crippen molar-refractivity contribution in [1.29, 1.82) is 0 Å². The molecule has 0 radical (unpaired) electrons. The van der Waals surface area contributed by atoms with Crippen molar-refractivity contribution in [3.8, 4) is 0 Å². The van der Waals surface area contributed by atoms with Gasteiger partial charge in [-0.05, 0) is 102 Å². The van der Waals surface area contributed by atoms with E-state index >= 15 is 0 Å². The zero-order chi connectivity index (χ0) is 65.7. The van der Waals surface area contributed by atoms with E-state index < -0.39 is 205 Å². The Bertz CT molecular complexity index is 2730. The fraction of sp³-hybridized carbons (Fsp3) is 0.900. The fourth-order valence-corrected chi connectivity index (χ4v) is 18.0. The molecule has 10 aliphatic rings. The molecule has 0 bridgehead atoms. The van der Waals surface area contributed by atoms with Crippen LogP contribution >= 0.6 is 0 Å². The molecule has 4 aliphatic carbocycles. The van der Waals surface area contributed by atoms with Crippen molar-refractivity contribution >= 4 is 22.3 Å². The minimum Gasteiger partial charge on any atom is -0.462 e. The molecule has 11 N–H and O–H groups in total. The van der Waals surface area contributed by atoms with Crippen molar-refractivity contribution in [3.05, 3.63) is 23.3 Å².